The highest BCUT2D eigenvalue weighted by Gasteiger charge is 2.31. The van der Waals surface area contributed by atoms with Crippen LogP contribution in [0, 0.1) is 17.8 Å². The molecule has 2 aliphatic carbocycles. The molecule has 0 nitrogen and oxygen atoms in total. The molecule has 2 rings (SSSR count). The van der Waals surface area contributed by atoms with Crippen LogP contribution < -0.4 is 0 Å². The van der Waals surface area contributed by atoms with Crippen molar-refractivity contribution in [1.29, 1.82) is 0 Å². The summed E-state index contributed by atoms with van der Waals surface area (Å²) >= 11 is 0. The van der Waals surface area contributed by atoms with Gasteiger partial charge in [0.15, 0.2) is 0 Å². The van der Waals surface area contributed by atoms with Crippen molar-refractivity contribution in [2.45, 2.75) is 64.7 Å². The number of allylic oxidation sites excluding steroid dienone is 4. The van der Waals surface area contributed by atoms with Crippen molar-refractivity contribution in [2.24, 2.45) is 17.8 Å². The fourth-order valence-electron chi connectivity index (χ4n) is 3.52. The summed E-state index contributed by atoms with van der Waals surface area (Å²) in [7, 11) is 0. The van der Waals surface area contributed by atoms with Crippen LogP contribution in [0.5, 0.6) is 0 Å². The summed E-state index contributed by atoms with van der Waals surface area (Å²) in [5.41, 5.74) is 0. The van der Waals surface area contributed by atoms with E-state index in [2.05, 4.69) is 31.2 Å². The first kappa shape index (κ1) is 12.9. The van der Waals surface area contributed by atoms with Crippen molar-refractivity contribution in [1.82, 2.24) is 0 Å². The lowest BCUT2D eigenvalue weighted by Gasteiger charge is -2.13. The van der Waals surface area contributed by atoms with E-state index in [0.29, 0.717) is 0 Å². The monoisotopic (exact) mass is 232 g/mol. The molecular weight excluding hydrogens is 204 g/mol. The zero-order valence-corrected chi connectivity index (χ0v) is 11.4. The van der Waals surface area contributed by atoms with Gasteiger partial charge in [0.25, 0.3) is 0 Å². The molecule has 0 aliphatic heterocycles. The number of hydrogen-bond donors (Lipinski definition) is 0. The summed E-state index contributed by atoms with van der Waals surface area (Å²) in [6, 6.07) is 0. The Hall–Kier alpha value is -0.520. The second-order valence-corrected chi connectivity index (χ2v) is 5.99. The standard InChI is InChI=1S/C17H28/c1-2-3-4-5-6-7-10-15-13-16-11-8-9-12-17(16)14-15/h8-9,11-12,15-17H,2-7,10,13-14H2,1H3. The largest absolute Gasteiger partial charge is 0.0808 e. The van der Waals surface area contributed by atoms with Crippen molar-refractivity contribution in [3.05, 3.63) is 24.3 Å². The molecule has 0 heterocycles. The maximum Gasteiger partial charge on any atom is -0.0165 e. The second-order valence-electron chi connectivity index (χ2n) is 5.99. The Kier molecular flexibility index (Phi) is 5.35. The molecule has 0 amide bonds. The number of fused-ring (bicyclic) bond motifs is 1. The Balaban J connectivity index is 1.56. The van der Waals surface area contributed by atoms with Gasteiger partial charge in [0.2, 0.25) is 0 Å². The topological polar surface area (TPSA) is 0 Å². The van der Waals surface area contributed by atoms with Gasteiger partial charge in [-0.05, 0) is 30.6 Å². The number of rotatable bonds is 7. The van der Waals surface area contributed by atoms with E-state index in [1.807, 2.05) is 0 Å². The minimum Gasteiger partial charge on any atom is -0.0808 e. The molecule has 0 N–H and O–H groups in total. The summed E-state index contributed by atoms with van der Waals surface area (Å²) < 4.78 is 0. The second kappa shape index (κ2) is 7.03. The van der Waals surface area contributed by atoms with Crippen molar-refractivity contribution >= 4 is 0 Å². The van der Waals surface area contributed by atoms with E-state index in [0.717, 1.165) is 17.8 Å². The molecule has 0 aromatic heterocycles. The Morgan fingerprint density at radius 3 is 2.06 bits per heavy atom. The van der Waals surface area contributed by atoms with Crippen LogP contribution in [0.1, 0.15) is 64.7 Å². The van der Waals surface area contributed by atoms with E-state index in [4.69, 9.17) is 0 Å². The van der Waals surface area contributed by atoms with Crippen molar-refractivity contribution in [2.75, 3.05) is 0 Å². The van der Waals surface area contributed by atoms with E-state index >= 15 is 0 Å². The molecule has 0 heteroatoms. The van der Waals surface area contributed by atoms with Crippen LogP contribution in [0.4, 0.5) is 0 Å². The minimum atomic E-state index is 0.880. The molecule has 0 bridgehead atoms. The smallest absolute Gasteiger partial charge is 0.0165 e. The molecule has 96 valence electrons. The number of unbranched alkanes of at least 4 members (excludes halogenated alkanes) is 5. The molecule has 2 aliphatic rings. The maximum atomic E-state index is 2.44. The molecule has 0 aromatic carbocycles. The maximum absolute atomic E-state index is 2.44. The van der Waals surface area contributed by atoms with E-state index < -0.39 is 0 Å². The van der Waals surface area contributed by atoms with Crippen LogP contribution >= 0.6 is 0 Å². The van der Waals surface area contributed by atoms with E-state index in [-0.39, 0.29) is 0 Å². The highest BCUT2D eigenvalue weighted by molar-refractivity contribution is 5.16. The summed E-state index contributed by atoms with van der Waals surface area (Å²) in [5.74, 6) is 2.78. The van der Waals surface area contributed by atoms with Gasteiger partial charge in [-0.1, -0.05) is 76.2 Å². The van der Waals surface area contributed by atoms with Gasteiger partial charge in [-0.25, -0.2) is 0 Å². The van der Waals surface area contributed by atoms with Crippen LogP contribution in [0.15, 0.2) is 24.3 Å². The zero-order chi connectivity index (χ0) is 11.9. The van der Waals surface area contributed by atoms with Gasteiger partial charge in [0.05, 0.1) is 0 Å². The van der Waals surface area contributed by atoms with Crippen LogP contribution in [-0.4, -0.2) is 0 Å². The first-order chi connectivity index (χ1) is 8.40. The summed E-state index contributed by atoms with van der Waals surface area (Å²) in [6.07, 6.45) is 22.4. The third kappa shape index (κ3) is 4.01. The van der Waals surface area contributed by atoms with Crippen LogP contribution in [0.25, 0.3) is 0 Å². The Morgan fingerprint density at radius 2 is 1.41 bits per heavy atom. The Bertz CT molecular complexity index is 241. The lowest BCUT2D eigenvalue weighted by molar-refractivity contribution is 0.452. The molecular formula is C17H28. The van der Waals surface area contributed by atoms with E-state index in [1.165, 1.54) is 57.8 Å². The van der Waals surface area contributed by atoms with Crippen molar-refractivity contribution < 1.29 is 0 Å². The quantitative estimate of drug-likeness (QED) is 0.508. The van der Waals surface area contributed by atoms with Crippen LogP contribution in [0.3, 0.4) is 0 Å². The van der Waals surface area contributed by atoms with Gasteiger partial charge < -0.3 is 0 Å². The fourth-order valence-corrected chi connectivity index (χ4v) is 3.52. The van der Waals surface area contributed by atoms with Gasteiger partial charge >= 0.3 is 0 Å². The van der Waals surface area contributed by atoms with E-state index in [1.54, 1.807) is 0 Å². The third-order valence-electron chi connectivity index (χ3n) is 4.55. The molecule has 0 aromatic rings. The third-order valence-corrected chi connectivity index (χ3v) is 4.55. The molecule has 1 saturated carbocycles. The average Bonchev–Trinajstić information content (AvgIpc) is 2.76. The molecule has 0 spiro atoms. The molecule has 0 radical (unpaired) electrons. The molecule has 1 fully saturated rings. The average molecular weight is 232 g/mol. The predicted molar refractivity (Wildman–Crippen MR) is 76.0 cm³/mol. The SMILES string of the molecule is CCCCCCCCC1CC2C=CC=CC2C1. The highest BCUT2D eigenvalue weighted by Crippen LogP contribution is 2.41. The van der Waals surface area contributed by atoms with Crippen LogP contribution in [-0.2, 0) is 0 Å². The summed E-state index contributed by atoms with van der Waals surface area (Å²) in [4.78, 5) is 0. The lowest BCUT2D eigenvalue weighted by atomic mass is 9.92. The van der Waals surface area contributed by atoms with Crippen LogP contribution in [0.2, 0.25) is 0 Å². The van der Waals surface area contributed by atoms with Gasteiger partial charge in [0, 0.05) is 0 Å². The van der Waals surface area contributed by atoms with E-state index in [9.17, 15) is 0 Å². The summed E-state index contributed by atoms with van der Waals surface area (Å²) in [5, 5.41) is 0. The first-order valence-electron chi connectivity index (χ1n) is 7.75. The van der Waals surface area contributed by atoms with Crippen molar-refractivity contribution in [3.63, 3.8) is 0 Å². The minimum absolute atomic E-state index is 0.880. The Labute approximate surface area is 107 Å². The Morgan fingerprint density at radius 1 is 0.824 bits per heavy atom. The molecule has 2 atom stereocenters. The summed E-state index contributed by atoms with van der Waals surface area (Å²) in [6.45, 7) is 2.29. The zero-order valence-electron chi connectivity index (χ0n) is 11.4. The van der Waals surface area contributed by atoms with Crippen molar-refractivity contribution in [3.8, 4) is 0 Å². The molecule has 17 heavy (non-hydrogen) atoms. The molecule has 2 unspecified atom stereocenters. The highest BCUT2D eigenvalue weighted by atomic mass is 14.4. The normalized spacial score (nSPS) is 30.8. The van der Waals surface area contributed by atoms with Gasteiger partial charge in [-0.15, -0.1) is 0 Å². The van der Waals surface area contributed by atoms with Gasteiger partial charge in [-0.2, -0.15) is 0 Å². The lowest BCUT2D eigenvalue weighted by Crippen LogP contribution is -2.03. The van der Waals surface area contributed by atoms with Gasteiger partial charge in [0.1, 0.15) is 0 Å². The first-order valence-corrected chi connectivity index (χ1v) is 7.75. The van der Waals surface area contributed by atoms with Gasteiger partial charge in [-0.3, -0.25) is 0 Å². The molecule has 0 saturated heterocycles. The predicted octanol–water partition coefficient (Wildman–Crippen LogP) is 5.51. The number of hydrogen-bond acceptors (Lipinski definition) is 0. The fraction of sp³-hybridized carbons (Fsp3) is 0.765.